The number of hydrogen-bond donors (Lipinski definition) is 1. The standard InChI is InChI=1S/C24H21N5O2S/c30-22-21(32-24(31)27-22)16-19-10-11-25-23(26-19)29-14-12-28(13-15-29)20-8-6-18(7-9-20)17-4-2-1-3-5-17/h1-11,16H,12-15H2,(H,27,30,31)/b21-16-. The maximum atomic E-state index is 11.8. The van der Waals surface area contributed by atoms with E-state index in [9.17, 15) is 9.59 Å². The third-order valence-electron chi connectivity index (χ3n) is 5.49. The predicted octanol–water partition coefficient (Wildman–Crippen LogP) is 3.79. The molecule has 3 heterocycles. The third kappa shape index (κ3) is 4.36. The first-order valence-electron chi connectivity index (χ1n) is 10.4. The van der Waals surface area contributed by atoms with Gasteiger partial charge in [0.2, 0.25) is 5.95 Å². The van der Waals surface area contributed by atoms with Crippen molar-refractivity contribution < 1.29 is 9.59 Å². The normalized spacial score (nSPS) is 17.7. The Bertz CT molecular complexity index is 1170. The first kappa shape index (κ1) is 20.3. The van der Waals surface area contributed by atoms with Gasteiger partial charge in [-0.25, -0.2) is 9.97 Å². The number of thioether (sulfide) groups is 1. The van der Waals surface area contributed by atoms with E-state index in [0.29, 0.717) is 16.5 Å². The number of nitrogens with one attached hydrogen (secondary N) is 1. The highest BCUT2D eigenvalue weighted by atomic mass is 32.2. The van der Waals surface area contributed by atoms with Crippen molar-refractivity contribution in [2.45, 2.75) is 0 Å². The van der Waals surface area contributed by atoms with Crippen LogP contribution >= 0.6 is 11.8 Å². The smallest absolute Gasteiger partial charge is 0.290 e. The summed E-state index contributed by atoms with van der Waals surface area (Å²) in [5, 5.41) is 1.90. The van der Waals surface area contributed by atoms with Gasteiger partial charge in [0, 0.05) is 38.1 Å². The van der Waals surface area contributed by atoms with E-state index in [1.807, 2.05) is 6.07 Å². The lowest BCUT2D eigenvalue weighted by atomic mass is 10.1. The lowest BCUT2D eigenvalue weighted by Crippen LogP contribution is -2.47. The van der Waals surface area contributed by atoms with Crippen molar-refractivity contribution in [1.82, 2.24) is 15.3 Å². The summed E-state index contributed by atoms with van der Waals surface area (Å²) in [5.41, 5.74) is 4.25. The molecular formula is C24H21N5O2S. The summed E-state index contributed by atoms with van der Waals surface area (Å²) in [6.07, 6.45) is 3.31. The van der Waals surface area contributed by atoms with E-state index in [-0.39, 0.29) is 11.1 Å². The third-order valence-corrected chi connectivity index (χ3v) is 6.30. The number of anilines is 2. The van der Waals surface area contributed by atoms with Crippen molar-refractivity contribution in [1.29, 1.82) is 0 Å². The quantitative estimate of drug-likeness (QED) is 0.615. The molecule has 160 valence electrons. The minimum atomic E-state index is -0.382. The number of carbonyl (C=O) groups excluding carboxylic acids is 2. The maximum Gasteiger partial charge on any atom is 0.290 e. The highest BCUT2D eigenvalue weighted by molar-refractivity contribution is 8.18. The van der Waals surface area contributed by atoms with Crippen LogP contribution in [0.5, 0.6) is 0 Å². The SMILES string of the molecule is O=C1NC(=O)/C(=C/c2ccnc(N3CCN(c4ccc(-c5ccccc5)cc4)CC3)n2)S1. The average molecular weight is 444 g/mol. The molecule has 32 heavy (non-hydrogen) atoms. The van der Waals surface area contributed by atoms with Gasteiger partial charge in [-0.3, -0.25) is 14.9 Å². The molecule has 0 spiro atoms. The summed E-state index contributed by atoms with van der Waals surface area (Å²) in [5.74, 6) is 0.250. The Morgan fingerprint density at radius 3 is 2.22 bits per heavy atom. The Morgan fingerprint density at radius 2 is 1.53 bits per heavy atom. The molecule has 7 nitrogen and oxygen atoms in total. The number of aromatic nitrogens is 2. The molecule has 2 aromatic carbocycles. The molecule has 2 aliphatic heterocycles. The van der Waals surface area contributed by atoms with Gasteiger partial charge in [0.1, 0.15) is 0 Å². The van der Waals surface area contributed by atoms with Crippen LogP contribution < -0.4 is 15.1 Å². The molecule has 3 aromatic rings. The number of imide groups is 1. The lowest BCUT2D eigenvalue weighted by Gasteiger charge is -2.36. The zero-order valence-corrected chi connectivity index (χ0v) is 18.1. The second-order valence-corrected chi connectivity index (χ2v) is 8.54. The molecule has 0 aliphatic carbocycles. The number of rotatable bonds is 4. The molecule has 2 saturated heterocycles. The van der Waals surface area contributed by atoms with Crippen LogP contribution in [0, 0.1) is 0 Å². The molecule has 5 rings (SSSR count). The Hall–Kier alpha value is -3.65. The van der Waals surface area contributed by atoms with Crippen molar-refractivity contribution in [3.8, 4) is 11.1 Å². The fourth-order valence-electron chi connectivity index (χ4n) is 3.81. The molecule has 0 radical (unpaired) electrons. The van der Waals surface area contributed by atoms with E-state index < -0.39 is 0 Å². The fraction of sp³-hybridized carbons (Fsp3) is 0.167. The van der Waals surface area contributed by atoms with Crippen LogP contribution in [0.1, 0.15) is 5.69 Å². The van der Waals surface area contributed by atoms with Gasteiger partial charge in [0.15, 0.2) is 0 Å². The summed E-state index contributed by atoms with van der Waals surface area (Å²) >= 11 is 0.888. The molecule has 2 aliphatic rings. The van der Waals surface area contributed by atoms with Crippen molar-refractivity contribution in [3.05, 3.63) is 77.5 Å². The van der Waals surface area contributed by atoms with Gasteiger partial charge < -0.3 is 9.80 Å². The number of carbonyl (C=O) groups is 2. The molecule has 2 amide bonds. The molecule has 8 heteroatoms. The summed E-state index contributed by atoms with van der Waals surface area (Å²) in [6.45, 7) is 3.33. The van der Waals surface area contributed by atoms with Gasteiger partial charge in [-0.2, -0.15) is 0 Å². The molecule has 1 aromatic heterocycles. The van der Waals surface area contributed by atoms with Gasteiger partial charge in [-0.05, 0) is 47.2 Å². The van der Waals surface area contributed by atoms with Gasteiger partial charge in [-0.1, -0.05) is 42.5 Å². The molecule has 0 saturated carbocycles. The van der Waals surface area contributed by atoms with Crippen LogP contribution in [0.4, 0.5) is 16.4 Å². The largest absolute Gasteiger partial charge is 0.368 e. The van der Waals surface area contributed by atoms with Crippen molar-refractivity contribution in [2.75, 3.05) is 36.0 Å². The number of benzene rings is 2. The number of nitrogens with zero attached hydrogens (tertiary/aromatic N) is 4. The number of amides is 2. The van der Waals surface area contributed by atoms with Crippen LogP contribution in [0.3, 0.4) is 0 Å². The van der Waals surface area contributed by atoms with Crippen molar-refractivity contribution in [3.63, 3.8) is 0 Å². The van der Waals surface area contributed by atoms with Crippen molar-refractivity contribution >= 4 is 40.6 Å². The van der Waals surface area contributed by atoms with Gasteiger partial charge in [0.05, 0.1) is 10.6 Å². The lowest BCUT2D eigenvalue weighted by molar-refractivity contribution is -0.115. The molecule has 0 bridgehead atoms. The Kier molecular flexibility index (Phi) is 5.60. The van der Waals surface area contributed by atoms with Gasteiger partial charge in [0.25, 0.3) is 11.1 Å². The second kappa shape index (κ2) is 8.84. The Balaban J connectivity index is 1.24. The molecular weight excluding hydrogens is 422 g/mol. The second-order valence-electron chi connectivity index (χ2n) is 7.52. The van der Waals surface area contributed by atoms with E-state index in [2.05, 4.69) is 73.6 Å². The molecule has 0 unspecified atom stereocenters. The Labute approximate surface area is 190 Å². The first-order chi connectivity index (χ1) is 15.7. The minimum absolute atomic E-state index is 0.350. The van der Waals surface area contributed by atoms with E-state index in [4.69, 9.17) is 0 Å². The van der Waals surface area contributed by atoms with E-state index in [1.165, 1.54) is 16.8 Å². The Morgan fingerprint density at radius 1 is 0.844 bits per heavy atom. The average Bonchev–Trinajstić information content (AvgIpc) is 3.16. The maximum absolute atomic E-state index is 11.8. The molecule has 2 fully saturated rings. The van der Waals surface area contributed by atoms with Gasteiger partial charge in [-0.15, -0.1) is 0 Å². The molecule has 0 atom stereocenters. The minimum Gasteiger partial charge on any atom is -0.368 e. The van der Waals surface area contributed by atoms with Crippen molar-refractivity contribution in [2.24, 2.45) is 0 Å². The highest BCUT2D eigenvalue weighted by Crippen LogP contribution is 2.26. The van der Waals surface area contributed by atoms with Crippen LogP contribution in [0.25, 0.3) is 17.2 Å². The number of piperazine rings is 1. The summed E-state index contributed by atoms with van der Waals surface area (Å²) in [6, 6.07) is 20.8. The predicted molar refractivity (Wildman–Crippen MR) is 127 cm³/mol. The summed E-state index contributed by atoms with van der Waals surface area (Å²) in [4.78, 5) is 37.0. The van der Waals surface area contributed by atoms with E-state index in [0.717, 1.165) is 37.9 Å². The van der Waals surface area contributed by atoms with Gasteiger partial charge >= 0.3 is 0 Å². The zero-order valence-electron chi connectivity index (χ0n) is 17.3. The monoisotopic (exact) mass is 443 g/mol. The number of hydrogen-bond acceptors (Lipinski definition) is 7. The van der Waals surface area contributed by atoms with E-state index >= 15 is 0 Å². The first-order valence-corrected chi connectivity index (χ1v) is 11.2. The summed E-state index contributed by atoms with van der Waals surface area (Å²) < 4.78 is 0. The highest BCUT2D eigenvalue weighted by Gasteiger charge is 2.25. The van der Waals surface area contributed by atoms with Crippen LogP contribution in [0.2, 0.25) is 0 Å². The zero-order chi connectivity index (χ0) is 21.9. The summed E-state index contributed by atoms with van der Waals surface area (Å²) in [7, 11) is 0. The van der Waals surface area contributed by atoms with Crippen LogP contribution in [-0.2, 0) is 4.79 Å². The van der Waals surface area contributed by atoms with Crippen LogP contribution in [0.15, 0.2) is 71.8 Å². The molecule has 1 N–H and O–H groups in total. The van der Waals surface area contributed by atoms with E-state index in [1.54, 1.807) is 18.3 Å². The van der Waals surface area contributed by atoms with Crippen LogP contribution in [-0.4, -0.2) is 47.3 Å². The fourth-order valence-corrected chi connectivity index (χ4v) is 4.48. The topological polar surface area (TPSA) is 78.4 Å².